The molecule has 0 radical (unpaired) electrons. The molecule has 0 unspecified atom stereocenters. The number of aryl methyl sites for hydroxylation is 2. The van der Waals surface area contributed by atoms with Crippen molar-refractivity contribution in [2.75, 3.05) is 0 Å². The van der Waals surface area contributed by atoms with Crippen LogP contribution in [0.4, 0.5) is 5.69 Å². The molecule has 0 bridgehead atoms. The van der Waals surface area contributed by atoms with E-state index in [1.165, 1.54) is 10.8 Å². The van der Waals surface area contributed by atoms with Crippen LogP contribution in [0.3, 0.4) is 0 Å². The molecule has 0 N–H and O–H groups in total. The van der Waals surface area contributed by atoms with E-state index in [0.717, 1.165) is 11.3 Å². The second kappa shape index (κ2) is 5.22. The zero-order chi connectivity index (χ0) is 14.9. The highest BCUT2D eigenvalue weighted by Crippen LogP contribution is 2.25. The Morgan fingerprint density at radius 3 is 2.35 bits per heavy atom. The number of pyridine rings is 1. The molecule has 2 aromatic rings. The summed E-state index contributed by atoms with van der Waals surface area (Å²) in [6, 6.07) is 10.3. The van der Waals surface area contributed by atoms with E-state index in [4.69, 9.17) is 6.57 Å². The van der Waals surface area contributed by atoms with Gasteiger partial charge in [-0.2, -0.15) is 0 Å². The Morgan fingerprint density at radius 1 is 1.10 bits per heavy atom. The molecule has 2 nitrogen and oxygen atoms in total. The summed E-state index contributed by atoms with van der Waals surface area (Å²) in [7, 11) is 0.797. The van der Waals surface area contributed by atoms with Crippen LogP contribution in [0, 0.1) is 13.5 Å². The molecule has 20 heavy (non-hydrogen) atoms. The number of rotatable bonds is 2. The lowest BCUT2D eigenvalue weighted by atomic mass is 10.0. The number of hydrogen-bond donors (Lipinski definition) is 0. The smallest absolute Gasteiger partial charge is 0.211 e. The van der Waals surface area contributed by atoms with E-state index >= 15 is 0 Å². The van der Waals surface area contributed by atoms with E-state index in [0.29, 0.717) is 5.69 Å². The summed E-state index contributed by atoms with van der Waals surface area (Å²) in [5, 5.41) is 1.45. The minimum absolute atomic E-state index is 0.694. The van der Waals surface area contributed by atoms with Gasteiger partial charge in [-0.25, -0.2) is 9.41 Å². The van der Waals surface area contributed by atoms with Gasteiger partial charge in [0.25, 0.3) is 0 Å². The lowest BCUT2D eigenvalue weighted by molar-refractivity contribution is -0.659. The Kier molecular flexibility index (Phi) is 3.78. The number of aromatic nitrogens is 1. The van der Waals surface area contributed by atoms with Crippen LogP contribution in [0.25, 0.3) is 16.1 Å². The van der Waals surface area contributed by atoms with Crippen molar-refractivity contribution in [3.8, 4) is 11.3 Å². The van der Waals surface area contributed by atoms with E-state index < -0.39 is 8.07 Å². The molecule has 0 fully saturated rings. The fourth-order valence-electron chi connectivity index (χ4n) is 2.29. The predicted molar refractivity (Wildman–Crippen MR) is 87.0 cm³/mol. The Hall–Kier alpha value is -1.92. The highest BCUT2D eigenvalue weighted by atomic mass is 28.3. The van der Waals surface area contributed by atoms with Gasteiger partial charge in [-0.1, -0.05) is 37.8 Å². The fourth-order valence-corrected chi connectivity index (χ4v) is 3.45. The van der Waals surface area contributed by atoms with Crippen LogP contribution in [-0.2, 0) is 7.05 Å². The van der Waals surface area contributed by atoms with Crippen molar-refractivity contribution >= 4 is 18.9 Å². The van der Waals surface area contributed by atoms with Gasteiger partial charge in [0, 0.05) is 16.8 Å². The molecule has 0 aliphatic heterocycles. The van der Waals surface area contributed by atoms with Gasteiger partial charge in [0.05, 0.1) is 14.6 Å². The standard InChI is InChI=1S/C17H21N2Si/c1-13-7-8-14(18-2)11-16(13)17-10-9-15(12-19(17)3)20(4,5)6/h7-12H,1,3-6H3/q+1. The molecule has 1 aromatic carbocycles. The minimum atomic E-state index is -1.29. The summed E-state index contributed by atoms with van der Waals surface area (Å²) in [4.78, 5) is 3.53. The summed E-state index contributed by atoms with van der Waals surface area (Å²) in [5.41, 5.74) is 4.20. The monoisotopic (exact) mass is 281 g/mol. The molecule has 0 aliphatic carbocycles. The molecule has 0 atom stereocenters. The molecule has 0 aliphatic rings. The van der Waals surface area contributed by atoms with Crippen molar-refractivity contribution in [1.29, 1.82) is 0 Å². The van der Waals surface area contributed by atoms with Crippen LogP contribution < -0.4 is 9.75 Å². The van der Waals surface area contributed by atoms with Crippen molar-refractivity contribution in [3.63, 3.8) is 0 Å². The Bertz CT molecular complexity index is 691. The summed E-state index contributed by atoms with van der Waals surface area (Å²) < 4.78 is 2.18. The van der Waals surface area contributed by atoms with Crippen molar-refractivity contribution < 1.29 is 4.57 Å². The molecule has 0 saturated carbocycles. The first-order valence-corrected chi connectivity index (χ1v) is 10.3. The largest absolute Gasteiger partial charge is 0.238 e. The van der Waals surface area contributed by atoms with Crippen LogP contribution in [0.15, 0.2) is 36.5 Å². The minimum Gasteiger partial charge on any atom is -0.238 e. The summed E-state index contributed by atoms with van der Waals surface area (Å²) >= 11 is 0. The normalized spacial score (nSPS) is 11.2. The molecule has 1 heterocycles. The van der Waals surface area contributed by atoms with Gasteiger partial charge in [-0.05, 0) is 18.6 Å². The summed E-state index contributed by atoms with van der Waals surface area (Å²) in [5.74, 6) is 0. The maximum atomic E-state index is 7.17. The summed E-state index contributed by atoms with van der Waals surface area (Å²) in [6.45, 7) is 16.3. The van der Waals surface area contributed by atoms with E-state index in [2.05, 4.69) is 61.4 Å². The average Bonchev–Trinajstić information content (AvgIpc) is 2.38. The summed E-state index contributed by atoms with van der Waals surface area (Å²) in [6.07, 6.45) is 2.24. The molecule has 0 saturated heterocycles. The lowest BCUT2D eigenvalue weighted by Crippen LogP contribution is -2.44. The van der Waals surface area contributed by atoms with Gasteiger partial charge < -0.3 is 0 Å². The zero-order valence-electron chi connectivity index (χ0n) is 12.9. The predicted octanol–water partition coefficient (Wildman–Crippen LogP) is 3.58. The van der Waals surface area contributed by atoms with E-state index in [-0.39, 0.29) is 0 Å². The van der Waals surface area contributed by atoms with Crippen LogP contribution >= 0.6 is 0 Å². The van der Waals surface area contributed by atoms with Gasteiger partial charge in [-0.15, -0.1) is 0 Å². The van der Waals surface area contributed by atoms with Crippen LogP contribution in [0.1, 0.15) is 5.56 Å². The molecule has 0 amide bonds. The number of hydrogen-bond acceptors (Lipinski definition) is 0. The maximum Gasteiger partial charge on any atom is 0.211 e. The second-order valence-electron chi connectivity index (χ2n) is 6.27. The molecule has 3 heteroatoms. The third kappa shape index (κ3) is 2.81. The van der Waals surface area contributed by atoms with Gasteiger partial charge >= 0.3 is 0 Å². The highest BCUT2D eigenvalue weighted by Gasteiger charge is 2.21. The molecule has 1 aromatic heterocycles. The van der Waals surface area contributed by atoms with Crippen molar-refractivity contribution in [2.45, 2.75) is 26.6 Å². The third-order valence-electron chi connectivity index (χ3n) is 3.63. The molecule has 0 spiro atoms. The topological polar surface area (TPSA) is 8.24 Å². The van der Waals surface area contributed by atoms with Crippen molar-refractivity contribution in [2.24, 2.45) is 7.05 Å². The van der Waals surface area contributed by atoms with Gasteiger partial charge in [0.15, 0.2) is 11.9 Å². The molecular weight excluding hydrogens is 260 g/mol. The maximum absolute atomic E-state index is 7.17. The second-order valence-corrected chi connectivity index (χ2v) is 11.4. The van der Waals surface area contributed by atoms with E-state index in [1.807, 2.05) is 18.2 Å². The van der Waals surface area contributed by atoms with Gasteiger partial charge in [0.2, 0.25) is 5.69 Å². The Balaban J connectivity index is 2.57. The molecule has 102 valence electrons. The number of nitrogens with zero attached hydrogens (tertiary/aromatic N) is 2. The van der Waals surface area contributed by atoms with Crippen LogP contribution in [0.2, 0.25) is 19.6 Å². The first-order valence-electron chi connectivity index (χ1n) is 6.81. The first-order chi connectivity index (χ1) is 9.32. The Morgan fingerprint density at radius 2 is 1.80 bits per heavy atom. The van der Waals surface area contributed by atoms with E-state index in [1.54, 1.807) is 0 Å². The molecule has 2 rings (SSSR count). The van der Waals surface area contributed by atoms with Crippen molar-refractivity contribution in [1.82, 2.24) is 0 Å². The highest BCUT2D eigenvalue weighted by molar-refractivity contribution is 6.88. The van der Waals surface area contributed by atoms with Crippen LogP contribution in [0.5, 0.6) is 0 Å². The van der Waals surface area contributed by atoms with Crippen LogP contribution in [-0.4, -0.2) is 8.07 Å². The lowest BCUT2D eigenvalue weighted by Gasteiger charge is -2.15. The molecular formula is C17H21N2Si+. The third-order valence-corrected chi connectivity index (χ3v) is 5.65. The van der Waals surface area contributed by atoms with Crippen molar-refractivity contribution in [3.05, 3.63) is 53.5 Å². The average molecular weight is 281 g/mol. The van der Waals surface area contributed by atoms with E-state index in [9.17, 15) is 0 Å². The van der Waals surface area contributed by atoms with Gasteiger partial charge in [0.1, 0.15) is 7.05 Å². The zero-order valence-corrected chi connectivity index (χ0v) is 13.9. The fraction of sp³-hybridized carbons (Fsp3) is 0.294. The first kappa shape index (κ1) is 14.5. The quantitative estimate of drug-likeness (QED) is 0.452. The SMILES string of the molecule is [C-]#[N+]c1ccc(C)c(-c2ccc([Si](C)(C)C)c[n+]2C)c1. The van der Waals surface area contributed by atoms with Gasteiger partial charge in [-0.3, -0.25) is 0 Å². The Labute approximate surface area is 122 Å². The number of benzene rings is 1.